The lowest BCUT2D eigenvalue weighted by Gasteiger charge is -2.22. The van der Waals surface area contributed by atoms with E-state index in [1.165, 1.54) is 47.3 Å². The van der Waals surface area contributed by atoms with E-state index in [1.807, 2.05) is 37.3 Å². The number of anilines is 1. The van der Waals surface area contributed by atoms with Crippen molar-refractivity contribution in [2.24, 2.45) is 0 Å². The summed E-state index contributed by atoms with van der Waals surface area (Å²) in [6, 6.07) is 7.79. The van der Waals surface area contributed by atoms with Gasteiger partial charge in [-0.25, -0.2) is 0 Å². The first-order valence-corrected chi connectivity index (χ1v) is 13.2. The highest BCUT2D eigenvalue weighted by Gasteiger charge is 2.32. The van der Waals surface area contributed by atoms with Gasteiger partial charge in [-0.1, -0.05) is 60.8 Å². The fourth-order valence-corrected chi connectivity index (χ4v) is 5.71. The van der Waals surface area contributed by atoms with Crippen LogP contribution in [0, 0.1) is 0 Å². The van der Waals surface area contributed by atoms with Gasteiger partial charge in [-0.2, -0.15) is 0 Å². The Morgan fingerprint density at radius 1 is 1.24 bits per heavy atom. The van der Waals surface area contributed by atoms with E-state index in [9.17, 15) is 9.59 Å². The summed E-state index contributed by atoms with van der Waals surface area (Å²) in [5.74, 6) is 0.462. The van der Waals surface area contributed by atoms with E-state index in [2.05, 4.69) is 15.5 Å². The van der Waals surface area contributed by atoms with Gasteiger partial charge in [-0.05, 0) is 55.9 Å². The van der Waals surface area contributed by atoms with Crippen LogP contribution in [0.4, 0.5) is 5.13 Å². The van der Waals surface area contributed by atoms with Gasteiger partial charge >= 0.3 is 0 Å². The Balaban J connectivity index is 1.30. The molecular weight excluding hydrogens is 476 g/mol. The Morgan fingerprint density at radius 2 is 2.00 bits per heavy atom. The largest absolute Gasteiger partial charge is 0.490 e. The van der Waals surface area contributed by atoms with Crippen LogP contribution in [0.25, 0.3) is 6.08 Å². The molecule has 0 unspecified atom stereocenters. The maximum Gasteiger partial charge on any atom is 0.266 e. The molecule has 1 aromatic heterocycles. The van der Waals surface area contributed by atoms with Gasteiger partial charge in [0.1, 0.15) is 15.1 Å². The summed E-state index contributed by atoms with van der Waals surface area (Å²) in [7, 11) is 0. The summed E-state index contributed by atoms with van der Waals surface area (Å²) in [5.41, 5.74) is 0.909. The van der Waals surface area contributed by atoms with Crippen LogP contribution in [0.15, 0.2) is 29.2 Å². The molecule has 33 heavy (non-hydrogen) atoms. The maximum atomic E-state index is 12.8. The lowest BCUT2D eigenvalue weighted by Crippen LogP contribution is -2.31. The monoisotopic (exact) mass is 502 g/mol. The summed E-state index contributed by atoms with van der Waals surface area (Å²) >= 11 is 7.99. The van der Waals surface area contributed by atoms with E-state index < -0.39 is 0 Å². The first kappa shape index (κ1) is 23.8. The second kappa shape index (κ2) is 11.2. The number of hydrogen-bond donors (Lipinski definition) is 1. The molecular formula is C23H26N4O3S3. The fourth-order valence-electron chi connectivity index (χ4n) is 3.70. The molecule has 174 valence electrons. The van der Waals surface area contributed by atoms with E-state index >= 15 is 0 Å². The maximum absolute atomic E-state index is 12.8. The molecule has 1 saturated heterocycles. The number of thiocarbonyl (C=S) groups is 1. The van der Waals surface area contributed by atoms with Crippen molar-refractivity contribution in [2.75, 3.05) is 11.9 Å². The third kappa shape index (κ3) is 6.39. The van der Waals surface area contributed by atoms with Crippen LogP contribution >= 0.6 is 35.3 Å². The molecule has 2 fully saturated rings. The van der Waals surface area contributed by atoms with Crippen LogP contribution in [0.3, 0.4) is 0 Å². The second-order valence-corrected chi connectivity index (χ2v) is 10.7. The van der Waals surface area contributed by atoms with Crippen LogP contribution < -0.4 is 10.1 Å². The van der Waals surface area contributed by atoms with Crippen LogP contribution in [0.1, 0.15) is 56.0 Å². The molecule has 1 aromatic carbocycles. The Kier molecular flexibility index (Phi) is 8.11. The highest BCUT2D eigenvalue weighted by atomic mass is 32.2. The van der Waals surface area contributed by atoms with Gasteiger partial charge in [0.2, 0.25) is 11.0 Å². The number of benzene rings is 1. The highest BCUT2D eigenvalue weighted by Crippen LogP contribution is 2.33. The average Bonchev–Trinajstić information content (AvgIpc) is 3.38. The topological polar surface area (TPSA) is 84.4 Å². The number of aryl methyl sites for hydroxylation is 1. The molecule has 0 atom stereocenters. The van der Waals surface area contributed by atoms with Crippen LogP contribution in [-0.4, -0.2) is 43.9 Å². The van der Waals surface area contributed by atoms with E-state index in [1.54, 1.807) is 0 Å². The lowest BCUT2D eigenvalue weighted by molar-refractivity contribution is -0.122. The lowest BCUT2D eigenvalue weighted by atomic mass is 9.98. The van der Waals surface area contributed by atoms with E-state index in [0.29, 0.717) is 20.5 Å². The predicted octanol–water partition coefficient (Wildman–Crippen LogP) is 5.04. The fraction of sp³-hybridized carbons (Fsp3) is 0.435. The van der Waals surface area contributed by atoms with Gasteiger partial charge in [0, 0.05) is 13.0 Å². The zero-order chi connectivity index (χ0) is 23.2. The van der Waals surface area contributed by atoms with E-state index in [0.717, 1.165) is 35.6 Å². The van der Waals surface area contributed by atoms with Gasteiger partial charge in [0.15, 0.2) is 0 Å². The van der Waals surface area contributed by atoms with Crippen LogP contribution in [0.2, 0.25) is 0 Å². The molecule has 1 aliphatic carbocycles. The number of carbonyl (C=O) groups excluding carboxylic acids is 2. The number of amides is 2. The molecule has 0 spiro atoms. The number of thioether (sulfide) groups is 1. The SMILES string of the molecule is CCc1nnc(NC(=O)CCN2C(=O)/C(=C/c3ccc(OC4CCCCC4)cc3)SC2=S)s1. The molecule has 0 bridgehead atoms. The zero-order valence-electron chi connectivity index (χ0n) is 18.4. The van der Waals surface area contributed by atoms with Crippen molar-refractivity contribution in [3.05, 3.63) is 39.7 Å². The molecule has 10 heteroatoms. The summed E-state index contributed by atoms with van der Waals surface area (Å²) in [6.45, 7) is 2.20. The molecule has 1 saturated carbocycles. The third-order valence-corrected chi connectivity index (χ3v) is 7.85. The van der Waals surface area contributed by atoms with Crippen molar-refractivity contribution in [1.29, 1.82) is 0 Å². The number of aromatic nitrogens is 2. The summed E-state index contributed by atoms with van der Waals surface area (Å²) in [5, 5.41) is 12.0. The molecule has 2 aliphatic rings. The quantitative estimate of drug-likeness (QED) is 0.400. The van der Waals surface area contributed by atoms with E-state index in [-0.39, 0.29) is 24.8 Å². The normalized spacial score (nSPS) is 18.2. The van der Waals surface area contributed by atoms with Crippen LogP contribution in [0.5, 0.6) is 5.75 Å². The van der Waals surface area contributed by atoms with Crippen molar-refractivity contribution < 1.29 is 14.3 Å². The summed E-state index contributed by atoms with van der Waals surface area (Å²) < 4.78 is 6.53. The van der Waals surface area contributed by atoms with Crippen molar-refractivity contribution >= 4 is 62.7 Å². The number of hydrogen-bond acceptors (Lipinski definition) is 8. The molecule has 2 aromatic rings. The molecule has 2 heterocycles. The zero-order valence-corrected chi connectivity index (χ0v) is 20.9. The number of rotatable bonds is 8. The Morgan fingerprint density at radius 3 is 2.70 bits per heavy atom. The minimum absolute atomic E-state index is 0.133. The molecule has 7 nitrogen and oxygen atoms in total. The van der Waals surface area contributed by atoms with Gasteiger partial charge < -0.3 is 10.1 Å². The van der Waals surface area contributed by atoms with Crippen molar-refractivity contribution in [1.82, 2.24) is 15.1 Å². The Hall–Kier alpha value is -2.30. The van der Waals surface area contributed by atoms with Crippen molar-refractivity contribution in [2.45, 2.75) is 58.0 Å². The molecule has 0 radical (unpaired) electrons. The molecule has 1 aliphatic heterocycles. The number of carbonyl (C=O) groups is 2. The first-order chi connectivity index (χ1) is 16.0. The standard InChI is InChI=1S/C23H26N4O3S3/c1-2-20-25-26-22(33-20)24-19(28)12-13-27-21(29)18(32-23(27)31)14-15-8-10-17(11-9-15)30-16-6-4-3-5-7-16/h8-11,14,16H,2-7,12-13H2,1H3,(H,24,26,28)/b18-14-. The van der Waals surface area contributed by atoms with E-state index in [4.69, 9.17) is 17.0 Å². The Labute approximate surface area is 207 Å². The third-order valence-electron chi connectivity index (χ3n) is 5.48. The minimum atomic E-state index is -0.222. The van der Waals surface area contributed by atoms with Crippen molar-refractivity contribution in [3.63, 3.8) is 0 Å². The number of nitrogens with one attached hydrogen (secondary N) is 1. The molecule has 1 N–H and O–H groups in total. The smallest absolute Gasteiger partial charge is 0.266 e. The Bertz CT molecular complexity index is 1050. The highest BCUT2D eigenvalue weighted by molar-refractivity contribution is 8.26. The molecule has 4 rings (SSSR count). The minimum Gasteiger partial charge on any atom is -0.490 e. The van der Waals surface area contributed by atoms with Crippen LogP contribution in [-0.2, 0) is 16.0 Å². The first-order valence-electron chi connectivity index (χ1n) is 11.2. The number of nitrogens with zero attached hydrogens (tertiary/aromatic N) is 3. The van der Waals surface area contributed by atoms with Gasteiger partial charge in [0.05, 0.1) is 11.0 Å². The van der Waals surface area contributed by atoms with Crippen molar-refractivity contribution in [3.8, 4) is 5.75 Å². The number of ether oxygens (including phenoxy) is 1. The summed E-state index contributed by atoms with van der Waals surface area (Å²) in [6.07, 6.45) is 9.02. The average molecular weight is 503 g/mol. The van der Waals surface area contributed by atoms with Gasteiger partial charge in [0.25, 0.3) is 5.91 Å². The van der Waals surface area contributed by atoms with Gasteiger partial charge in [-0.15, -0.1) is 10.2 Å². The molecule has 2 amide bonds. The summed E-state index contributed by atoms with van der Waals surface area (Å²) in [4.78, 5) is 27.1. The predicted molar refractivity (Wildman–Crippen MR) is 136 cm³/mol. The van der Waals surface area contributed by atoms with Gasteiger partial charge in [-0.3, -0.25) is 14.5 Å². The second-order valence-electron chi connectivity index (χ2n) is 7.93.